The molecular weight excluding hydrogens is 408 g/mol. The Bertz CT molecular complexity index is 934. The smallest absolute Gasteiger partial charge is 0.268 e. The summed E-state index contributed by atoms with van der Waals surface area (Å²) in [5.74, 6) is 1.33. The number of nitrogens with zero attached hydrogens (tertiary/aromatic N) is 1. The molecule has 8 heteroatoms. The molecule has 0 radical (unpaired) electrons. The summed E-state index contributed by atoms with van der Waals surface area (Å²) in [6.07, 6.45) is 0.514. The molecule has 1 unspecified atom stereocenters. The Morgan fingerprint density at radius 2 is 1.93 bits per heavy atom. The van der Waals surface area contributed by atoms with E-state index in [0.717, 1.165) is 5.56 Å². The summed E-state index contributed by atoms with van der Waals surface area (Å²) in [4.78, 5) is 26.7. The van der Waals surface area contributed by atoms with E-state index in [2.05, 4.69) is 5.32 Å². The first-order valence-corrected chi connectivity index (χ1v) is 10.1. The van der Waals surface area contributed by atoms with Crippen LogP contribution in [0.15, 0.2) is 36.4 Å². The fourth-order valence-corrected chi connectivity index (χ4v) is 3.47. The lowest BCUT2D eigenvalue weighted by atomic mass is 10.1. The van der Waals surface area contributed by atoms with Gasteiger partial charge in [0.1, 0.15) is 12.3 Å². The van der Waals surface area contributed by atoms with Gasteiger partial charge in [0.15, 0.2) is 17.6 Å². The third-order valence-electron chi connectivity index (χ3n) is 4.88. The van der Waals surface area contributed by atoms with E-state index < -0.39 is 6.10 Å². The summed E-state index contributed by atoms with van der Waals surface area (Å²) in [6, 6.07) is 10.7. The summed E-state index contributed by atoms with van der Waals surface area (Å²) in [7, 11) is 3.16. The van der Waals surface area contributed by atoms with E-state index in [9.17, 15) is 9.59 Å². The number of carbonyl (C=O) groups is 2. The van der Waals surface area contributed by atoms with Gasteiger partial charge in [-0.2, -0.15) is 0 Å². The lowest BCUT2D eigenvalue weighted by molar-refractivity contribution is -0.129. The van der Waals surface area contributed by atoms with E-state index >= 15 is 0 Å². The van der Waals surface area contributed by atoms with Crippen LogP contribution in [0.5, 0.6) is 17.2 Å². The minimum Gasteiger partial charge on any atom is -0.493 e. The third-order valence-corrected chi connectivity index (χ3v) is 5.11. The highest BCUT2D eigenvalue weighted by molar-refractivity contribution is 6.31. The average molecular weight is 433 g/mol. The zero-order chi connectivity index (χ0) is 21.7. The summed E-state index contributed by atoms with van der Waals surface area (Å²) in [6.45, 7) is 2.19. The number of hydrogen-bond acceptors (Lipinski definition) is 5. The molecule has 2 aromatic carbocycles. The van der Waals surface area contributed by atoms with Crippen molar-refractivity contribution in [3.05, 3.63) is 47.0 Å². The summed E-state index contributed by atoms with van der Waals surface area (Å²) >= 11 is 6.08. The first-order valence-electron chi connectivity index (χ1n) is 9.72. The predicted molar refractivity (Wildman–Crippen MR) is 115 cm³/mol. The van der Waals surface area contributed by atoms with Crippen molar-refractivity contribution in [3.8, 4) is 17.2 Å². The van der Waals surface area contributed by atoms with Crippen LogP contribution in [0.3, 0.4) is 0 Å². The molecular formula is C22H25ClN2O5. The molecule has 0 fully saturated rings. The van der Waals surface area contributed by atoms with Crippen molar-refractivity contribution < 1.29 is 23.8 Å². The minimum absolute atomic E-state index is 0.0992. The molecule has 1 N–H and O–H groups in total. The van der Waals surface area contributed by atoms with Crippen LogP contribution >= 0.6 is 11.6 Å². The third kappa shape index (κ3) is 4.79. The summed E-state index contributed by atoms with van der Waals surface area (Å²) in [5.41, 5.74) is 1.51. The molecule has 7 nitrogen and oxygen atoms in total. The van der Waals surface area contributed by atoms with Crippen LogP contribution in [0.4, 0.5) is 5.69 Å². The predicted octanol–water partition coefficient (Wildman–Crippen LogP) is 3.22. The number of anilines is 1. The Balaban J connectivity index is 1.63. The lowest BCUT2D eigenvalue weighted by Crippen LogP contribution is -2.49. The molecule has 0 bridgehead atoms. The topological polar surface area (TPSA) is 77.1 Å². The maximum absolute atomic E-state index is 12.7. The van der Waals surface area contributed by atoms with E-state index in [1.165, 1.54) is 4.90 Å². The van der Waals surface area contributed by atoms with Crippen molar-refractivity contribution >= 4 is 29.1 Å². The number of hydrogen-bond donors (Lipinski definition) is 1. The second-order valence-corrected chi connectivity index (χ2v) is 7.28. The number of ether oxygens (including phenoxy) is 3. The lowest BCUT2D eigenvalue weighted by Gasteiger charge is -2.33. The molecule has 1 atom stereocenters. The second kappa shape index (κ2) is 9.71. The van der Waals surface area contributed by atoms with Crippen molar-refractivity contribution in [1.29, 1.82) is 0 Å². The number of amides is 2. The largest absolute Gasteiger partial charge is 0.493 e. The van der Waals surface area contributed by atoms with Gasteiger partial charge < -0.3 is 19.5 Å². The molecule has 0 saturated heterocycles. The van der Waals surface area contributed by atoms with Gasteiger partial charge in [-0.15, -0.1) is 0 Å². The number of methoxy groups -OCH3 is 2. The zero-order valence-corrected chi connectivity index (χ0v) is 18.0. The number of carbonyl (C=O) groups excluding carboxylic acids is 2. The maximum Gasteiger partial charge on any atom is 0.268 e. The number of benzene rings is 2. The quantitative estimate of drug-likeness (QED) is 0.693. The molecule has 2 aromatic rings. The highest BCUT2D eigenvalue weighted by atomic mass is 35.5. The molecule has 1 aliphatic heterocycles. The average Bonchev–Trinajstić information content (AvgIpc) is 2.75. The van der Waals surface area contributed by atoms with Crippen LogP contribution < -0.4 is 24.4 Å². The SMILES string of the molecule is CCC1Oc2ccc(Cl)cc2N(CC(=O)NCCc2ccc(OC)c(OC)c2)C1=O. The number of rotatable bonds is 8. The Labute approximate surface area is 180 Å². The van der Waals surface area contributed by atoms with Gasteiger partial charge in [0.05, 0.1) is 19.9 Å². The first kappa shape index (κ1) is 21.8. The number of nitrogens with one attached hydrogen (secondary N) is 1. The summed E-state index contributed by atoms with van der Waals surface area (Å²) in [5, 5.41) is 3.34. The van der Waals surface area contributed by atoms with Crippen LogP contribution in [0.1, 0.15) is 18.9 Å². The van der Waals surface area contributed by atoms with E-state index in [1.54, 1.807) is 32.4 Å². The van der Waals surface area contributed by atoms with E-state index in [-0.39, 0.29) is 18.4 Å². The fourth-order valence-electron chi connectivity index (χ4n) is 3.30. The Morgan fingerprint density at radius 1 is 1.17 bits per heavy atom. The molecule has 0 saturated carbocycles. The second-order valence-electron chi connectivity index (χ2n) is 6.84. The van der Waals surface area contributed by atoms with Gasteiger partial charge in [0.2, 0.25) is 5.91 Å². The van der Waals surface area contributed by atoms with Crippen molar-refractivity contribution in [2.45, 2.75) is 25.9 Å². The van der Waals surface area contributed by atoms with Crippen molar-refractivity contribution in [3.63, 3.8) is 0 Å². The molecule has 30 heavy (non-hydrogen) atoms. The van der Waals surface area contributed by atoms with Gasteiger partial charge in [-0.05, 0) is 48.7 Å². The standard InChI is InChI=1S/C22H25ClN2O5/c1-4-17-22(27)25(16-12-15(23)6-8-18(16)30-17)13-21(26)24-10-9-14-5-7-19(28-2)20(11-14)29-3/h5-8,11-12,17H,4,9-10,13H2,1-3H3,(H,24,26). The molecule has 0 aromatic heterocycles. The summed E-state index contributed by atoms with van der Waals surface area (Å²) < 4.78 is 16.3. The van der Waals surface area contributed by atoms with Crippen molar-refractivity contribution in [2.75, 3.05) is 32.2 Å². The van der Waals surface area contributed by atoms with Gasteiger partial charge >= 0.3 is 0 Å². The van der Waals surface area contributed by atoms with Crippen molar-refractivity contribution in [1.82, 2.24) is 5.32 Å². The molecule has 2 amide bonds. The fraction of sp³-hybridized carbons (Fsp3) is 0.364. The Hall–Kier alpha value is -2.93. The van der Waals surface area contributed by atoms with Crippen LogP contribution in [0.25, 0.3) is 0 Å². The minimum atomic E-state index is -0.613. The Kier molecular flexibility index (Phi) is 7.05. The van der Waals surface area contributed by atoms with E-state index in [4.69, 9.17) is 25.8 Å². The van der Waals surface area contributed by atoms with E-state index in [1.807, 2.05) is 25.1 Å². The number of fused-ring (bicyclic) bond motifs is 1. The molecule has 1 aliphatic rings. The van der Waals surface area contributed by atoms with Crippen LogP contribution in [0.2, 0.25) is 5.02 Å². The van der Waals surface area contributed by atoms with Gasteiger partial charge in [-0.25, -0.2) is 0 Å². The maximum atomic E-state index is 12.7. The van der Waals surface area contributed by atoms with Crippen LogP contribution in [0, 0.1) is 0 Å². The molecule has 160 valence electrons. The monoisotopic (exact) mass is 432 g/mol. The van der Waals surface area contributed by atoms with Gasteiger partial charge in [0.25, 0.3) is 5.91 Å². The normalized spacial score (nSPS) is 15.3. The molecule has 0 aliphatic carbocycles. The van der Waals surface area contributed by atoms with Gasteiger partial charge in [-0.3, -0.25) is 14.5 Å². The van der Waals surface area contributed by atoms with E-state index in [0.29, 0.717) is 47.3 Å². The Morgan fingerprint density at radius 3 is 2.63 bits per heavy atom. The molecule has 3 rings (SSSR count). The first-order chi connectivity index (χ1) is 14.5. The number of halogens is 1. The van der Waals surface area contributed by atoms with Crippen LogP contribution in [-0.4, -0.2) is 45.2 Å². The highest BCUT2D eigenvalue weighted by Crippen LogP contribution is 2.36. The highest BCUT2D eigenvalue weighted by Gasteiger charge is 2.34. The van der Waals surface area contributed by atoms with Gasteiger partial charge in [0, 0.05) is 11.6 Å². The molecule has 1 heterocycles. The van der Waals surface area contributed by atoms with Gasteiger partial charge in [-0.1, -0.05) is 24.6 Å². The van der Waals surface area contributed by atoms with Crippen LogP contribution in [-0.2, 0) is 16.0 Å². The van der Waals surface area contributed by atoms with Crippen molar-refractivity contribution in [2.24, 2.45) is 0 Å². The zero-order valence-electron chi connectivity index (χ0n) is 17.2. The molecule has 0 spiro atoms.